The van der Waals surface area contributed by atoms with Gasteiger partial charge in [0.05, 0.1) is 12.6 Å². The van der Waals surface area contributed by atoms with Crippen LogP contribution in [0.15, 0.2) is 60.7 Å². The zero-order chi connectivity index (χ0) is 20.4. The molecule has 4 N–H and O–H groups in total. The normalized spacial score (nSPS) is 12.6. The molecule has 2 aromatic carbocycles. The molecule has 0 bridgehead atoms. The molecule has 2 atom stereocenters. The highest BCUT2D eigenvalue weighted by Crippen LogP contribution is 2.07. The van der Waals surface area contributed by atoms with E-state index >= 15 is 0 Å². The van der Waals surface area contributed by atoms with E-state index in [4.69, 9.17) is 5.11 Å². The van der Waals surface area contributed by atoms with Crippen molar-refractivity contribution >= 4 is 23.5 Å². The third-order valence-corrected chi connectivity index (χ3v) is 4.18. The first kappa shape index (κ1) is 21.1. The highest BCUT2D eigenvalue weighted by atomic mass is 16.4. The molecule has 0 aliphatic carbocycles. The second kappa shape index (κ2) is 10.8. The van der Waals surface area contributed by atoms with Crippen LogP contribution in [0, 0.1) is 0 Å². The fourth-order valence-corrected chi connectivity index (χ4v) is 2.64. The summed E-state index contributed by atoms with van der Waals surface area (Å²) in [7, 11) is 0. The molecule has 0 aliphatic heterocycles. The zero-order valence-electron chi connectivity index (χ0n) is 15.7. The number of aliphatic carboxylic acids is 1. The Morgan fingerprint density at radius 2 is 1.57 bits per heavy atom. The van der Waals surface area contributed by atoms with Crippen molar-refractivity contribution in [3.63, 3.8) is 0 Å². The number of hydrogen-bond acceptors (Lipinski definition) is 4. The Morgan fingerprint density at radius 3 is 2.18 bits per heavy atom. The fraction of sp³-hybridized carbons (Fsp3) is 0.286. The molecule has 2 amide bonds. The maximum absolute atomic E-state index is 12.5. The molecule has 0 saturated carbocycles. The molecule has 7 heteroatoms. The van der Waals surface area contributed by atoms with Gasteiger partial charge in [-0.15, -0.1) is 0 Å². The summed E-state index contributed by atoms with van der Waals surface area (Å²) in [5.74, 6) is -1.81. The second-order valence-electron chi connectivity index (χ2n) is 6.44. The van der Waals surface area contributed by atoms with E-state index in [-0.39, 0.29) is 12.5 Å². The first-order valence-electron chi connectivity index (χ1n) is 9.11. The van der Waals surface area contributed by atoms with Gasteiger partial charge in [-0.05, 0) is 37.5 Å². The van der Waals surface area contributed by atoms with E-state index in [1.807, 2.05) is 36.4 Å². The molecular weight excluding hydrogens is 358 g/mol. The van der Waals surface area contributed by atoms with Gasteiger partial charge >= 0.3 is 5.97 Å². The maximum atomic E-state index is 12.5. The van der Waals surface area contributed by atoms with Gasteiger partial charge in [-0.3, -0.25) is 19.7 Å². The number of amides is 2. The van der Waals surface area contributed by atoms with E-state index in [1.54, 1.807) is 24.3 Å². The number of nitrogens with one attached hydrogen (secondary N) is 3. The lowest BCUT2D eigenvalue weighted by Gasteiger charge is -2.21. The molecule has 28 heavy (non-hydrogen) atoms. The average Bonchev–Trinajstić information content (AvgIpc) is 2.70. The van der Waals surface area contributed by atoms with E-state index < -0.39 is 24.0 Å². The van der Waals surface area contributed by atoms with Crippen LogP contribution in [0.25, 0.3) is 0 Å². The van der Waals surface area contributed by atoms with Crippen molar-refractivity contribution in [2.45, 2.75) is 31.8 Å². The molecule has 0 heterocycles. The molecule has 148 valence electrons. The first-order valence-corrected chi connectivity index (χ1v) is 9.11. The summed E-state index contributed by atoms with van der Waals surface area (Å²) in [5, 5.41) is 17.2. The standard InChI is InChI=1S/C21H25N3O4/c1-15(21(27)28)23-18(13-12-16-8-4-2-5-9-16)20(26)22-14-19(25)24-17-10-6-3-7-11-17/h2-11,15,18,23H,12-14H2,1H3,(H,22,26)(H,24,25)(H,27,28)/t15-,18+/m1/s1. The molecule has 0 fully saturated rings. The summed E-state index contributed by atoms with van der Waals surface area (Å²) in [5.41, 5.74) is 1.69. The number of carbonyl (C=O) groups excluding carboxylic acids is 2. The minimum atomic E-state index is -1.04. The quantitative estimate of drug-likeness (QED) is 0.500. The lowest BCUT2D eigenvalue weighted by Crippen LogP contribution is -2.51. The second-order valence-corrected chi connectivity index (χ2v) is 6.44. The van der Waals surface area contributed by atoms with Crippen LogP contribution in [0.2, 0.25) is 0 Å². The van der Waals surface area contributed by atoms with Gasteiger partial charge in [0.1, 0.15) is 6.04 Å². The van der Waals surface area contributed by atoms with Crippen molar-refractivity contribution in [2.75, 3.05) is 11.9 Å². The molecule has 2 rings (SSSR count). The van der Waals surface area contributed by atoms with Crippen LogP contribution in [0.5, 0.6) is 0 Å². The topological polar surface area (TPSA) is 108 Å². The van der Waals surface area contributed by atoms with Gasteiger partial charge in [-0.2, -0.15) is 0 Å². The number of carbonyl (C=O) groups is 3. The molecule has 0 aromatic heterocycles. The maximum Gasteiger partial charge on any atom is 0.320 e. The van der Waals surface area contributed by atoms with Gasteiger partial charge in [0.15, 0.2) is 0 Å². The van der Waals surface area contributed by atoms with E-state index in [9.17, 15) is 14.4 Å². The Hall–Kier alpha value is -3.19. The number of carboxylic acids is 1. The largest absolute Gasteiger partial charge is 0.480 e. The number of para-hydroxylation sites is 1. The lowest BCUT2D eigenvalue weighted by atomic mass is 10.0. The molecular formula is C21H25N3O4. The molecule has 0 radical (unpaired) electrons. The number of hydrogen-bond donors (Lipinski definition) is 4. The van der Waals surface area contributed by atoms with Crippen LogP contribution in [0.4, 0.5) is 5.69 Å². The number of aryl methyl sites for hydroxylation is 1. The van der Waals surface area contributed by atoms with Crippen molar-refractivity contribution in [1.82, 2.24) is 10.6 Å². The Morgan fingerprint density at radius 1 is 0.964 bits per heavy atom. The molecule has 0 spiro atoms. The van der Waals surface area contributed by atoms with Crippen molar-refractivity contribution < 1.29 is 19.5 Å². The Bertz CT molecular complexity index is 781. The van der Waals surface area contributed by atoms with Gasteiger partial charge < -0.3 is 15.7 Å². The summed E-state index contributed by atoms with van der Waals surface area (Å²) < 4.78 is 0. The highest BCUT2D eigenvalue weighted by molar-refractivity contribution is 5.95. The monoisotopic (exact) mass is 383 g/mol. The predicted molar refractivity (Wildman–Crippen MR) is 107 cm³/mol. The minimum Gasteiger partial charge on any atom is -0.480 e. The van der Waals surface area contributed by atoms with Crippen LogP contribution < -0.4 is 16.0 Å². The average molecular weight is 383 g/mol. The number of carboxylic acid groups (broad SMARTS) is 1. The van der Waals surface area contributed by atoms with E-state index in [0.29, 0.717) is 18.5 Å². The molecule has 0 aliphatic rings. The van der Waals surface area contributed by atoms with Gasteiger partial charge in [0.25, 0.3) is 0 Å². The van der Waals surface area contributed by atoms with E-state index in [0.717, 1.165) is 5.56 Å². The van der Waals surface area contributed by atoms with Crippen LogP contribution in [0.1, 0.15) is 18.9 Å². The van der Waals surface area contributed by atoms with Gasteiger partial charge in [-0.1, -0.05) is 48.5 Å². The Labute approximate surface area is 164 Å². The third kappa shape index (κ3) is 7.20. The highest BCUT2D eigenvalue weighted by Gasteiger charge is 2.23. The molecule has 0 saturated heterocycles. The molecule has 0 unspecified atom stereocenters. The van der Waals surface area contributed by atoms with E-state index in [2.05, 4.69) is 16.0 Å². The summed E-state index contributed by atoms with van der Waals surface area (Å²) in [6.07, 6.45) is 1.02. The Balaban J connectivity index is 1.91. The predicted octanol–water partition coefficient (Wildman–Crippen LogP) is 1.81. The van der Waals surface area contributed by atoms with Gasteiger partial charge in [0, 0.05) is 5.69 Å². The minimum absolute atomic E-state index is 0.196. The third-order valence-electron chi connectivity index (χ3n) is 4.18. The van der Waals surface area contributed by atoms with Crippen molar-refractivity contribution in [1.29, 1.82) is 0 Å². The smallest absolute Gasteiger partial charge is 0.320 e. The van der Waals surface area contributed by atoms with Crippen LogP contribution in [0.3, 0.4) is 0 Å². The first-order chi connectivity index (χ1) is 13.5. The molecule has 2 aromatic rings. The van der Waals surface area contributed by atoms with Crippen LogP contribution in [-0.2, 0) is 20.8 Å². The zero-order valence-corrected chi connectivity index (χ0v) is 15.7. The Kier molecular flexibility index (Phi) is 8.17. The lowest BCUT2D eigenvalue weighted by molar-refractivity contribution is -0.139. The van der Waals surface area contributed by atoms with E-state index in [1.165, 1.54) is 6.92 Å². The number of rotatable bonds is 10. The van der Waals surface area contributed by atoms with Gasteiger partial charge in [-0.25, -0.2) is 0 Å². The summed E-state index contributed by atoms with van der Waals surface area (Å²) >= 11 is 0. The number of anilines is 1. The summed E-state index contributed by atoms with van der Waals surface area (Å²) in [6.45, 7) is 1.28. The van der Waals surface area contributed by atoms with Crippen molar-refractivity contribution in [3.8, 4) is 0 Å². The fourth-order valence-electron chi connectivity index (χ4n) is 2.64. The SMILES string of the molecule is C[C@@H](N[C@@H](CCc1ccccc1)C(=O)NCC(=O)Nc1ccccc1)C(=O)O. The summed E-state index contributed by atoms with van der Waals surface area (Å²) in [4.78, 5) is 35.7. The van der Waals surface area contributed by atoms with Crippen LogP contribution in [-0.4, -0.2) is 41.5 Å². The molecule has 7 nitrogen and oxygen atoms in total. The summed E-state index contributed by atoms with van der Waals surface area (Å²) in [6, 6.07) is 16.9. The van der Waals surface area contributed by atoms with Crippen molar-refractivity contribution in [3.05, 3.63) is 66.2 Å². The van der Waals surface area contributed by atoms with Crippen molar-refractivity contribution in [2.24, 2.45) is 0 Å². The van der Waals surface area contributed by atoms with Gasteiger partial charge in [0.2, 0.25) is 11.8 Å². The van der Waals surface area contributed by atoms with Crippen LogP contribution >= 0.6 is 0 Å². The number of benzene rings is 2.